The number of hydrogen-bond acceptors (Lipinski definition) is 3. The standard InChI is InChI=1S/C13H14FN3/c1-2-11-6-10(3-4-16-11)13-12(14)5-9(7-15)8-17-13/h3-6,8H,2,7,15H2,1H3. The summed E-state index contributed by atoms with van der Waals surface area (Å²) in [4.78, 5) is 8.29. The second-order valence-corrected chi connectivity index (χ2v) is 3.77. The second-order valence-electron chi connectivity index (χ2n) is 3.77. The first-order valence-electron chi connectivity index (χ1n) is 5.54. The van der Waals surface area contributed by atoms with Crippen molar-refractivity contribution in [3.63, 3.8) is 0 Å². The van der Waals surface area contributed by atoms with Gasteiger partial charge < -0.3 is 5.73 Å². The van der Waals surface area contributed by atoms with Crippen LogP contribution in [0, 0.1) is 5.82 Å². The molecule has 0 saturated carbocycles. The molecule has 0 fully saturated rings. The minimum absolute atomic E-state index is 0.292. The van der Waals surface area contributed by atoms with Gasteiger partial charge in [0.2, 0.25) is 0 Å². The Morgan fingerprint density at radius 2 is 2.12 bits per heavy atom. The van der Waals surface area contributed by atoms with Crippen LogP contribution >= 0.6 is 0 Å². The maximum atomic E-state index is 13.8. The van der Waals surface area contributed by atoms with E-state index in [1.54, 1.807) is 18.5 Å². The van der Waals surface area contributed by atoms with Gasteiger partial charge in [-0.15, -0.1) is 0 Å². The van der Waals surface area contributed by atoms with Crippen LogP contribution in [0.25, 0.3) is 11.3 Å². The third-order valence-corrected chi connectivity index (χ3v) is 2.59. The number of rotatable bonds is 3. The molecule has 2 heterocycles. The number of aromatic nitrogens is 2. The summed E-state index contributed by atoms with van der Waals surface area (Å²) in [7, 11) is 0. The average molecular weight is 231 g/mol. The highest BCUT2D eigenvalue weighted by molar-refractivity contribution is 5.59. The van der Waals surface area contributed by atoms with E-state index in [-0.39, 0.29) is 5.82 Å². The van der Waals surface area contributed by atoms with Crippen LogP contribution in [0.3, 0.4) is 0 Å². The van der Waals surface area contributed by atoms with Crippen LogP contribution in [-0.2, 0) is 13.0 Å². The van der Waals surface area contributed by atoms with Crippen LogP contribution in [-0.4, -0.2) is 9.97 Å². The van der Waals surface area contributed by atoms with Crippen molar-refractivity contribution in [1.82, 2.24) is 9.97 Å². The summed E-state index contributed by atoms with van der Waals surface area (Å²) in [6, 6.07) is 5.04. The van der Waals surface area contributed by atoms with Gasteiger partial charge in [-0.05, 0) is 30.2 Å². The normalized spacial score (nSPS) is 10.5. The highest BCUT2D eigenvalue weighted by Gasteiger charge is 2.08. The summed E-state index contributed by atoms with van der Waals surface area (Å²) in [5, 5.41) is 0. The fourth-order valence-electron chi connectivity index (χ4n) is 1.62. The van der Waals surface area contributed by atoms with Crippen LogP contribution in [0.1, 0.15) is 18.2 Å². The molecule has 0 spiro atoms. The van der Waals surface area contributed by atoms with Crippen molar-refractivity contribution in [2.75, 3.05) is 0 Å². The molecule has 0 bridgehead atoms. The van der Waals surface area contributed by atoms with Crippen LogP contribution in [0.15, 0.2) is 30.6 Å². The van der Waals surface area contributed by atoms with Crippen molar-refractivity contribution in [3.05, 3.63) is 47.7 Å². The highest BCUT2D eigenvalue weighted by Crippen LogP contribution is 2.21. The lowest BCUT2D eigenvalue weighted by molar-refractivity contribution is 0.623. The van der Waals surface area contributed by atoms with E-state index in [0.717, 1.165) is 17.7 Å². The molecule has 0 aromatic carbocycles. The van der Waals surface area contributed by atoms with Crippen LogP contribution < -0.4 is 5.73 Å². The first kappa shape index (κ1) is 11.7. The summed E-state index contributed by atoms with van der Waals surface area (Å²) >= 11 is 0. The van der Waals surface area contributed by atoms with Gasteiger partial charge in [0.15, 0.2) is 0 Å². The Kier molecular flexibility index (Phi) is 3.44. The fourth-order valence-corrected chi connectivity index (χ4v) is 1.62. The topological polar surface area (TPSA) is 51.8 Å². The van der Waals surface area contributed by atoms with Gasteiger partial charge in [-0.25, -0.2) is 4.39 Å². The maximum absolute atomic E-state index is 13.8. The van der Waals surface area contributed by atoms with Gasteiger partial charge in [-0.2, -0.15) is 0 Å². The first-order chi connectivity index (χ1) is 8.24. The summed E-state index contributed by atoms with van der Waals surface area (Å²) in [5.41, 5.74) is 8.14. The molecule has 2 aromatic rings. The number of aryl methyl sites for hydroxylation is 1. The van der Waals surface area contributed by atoms with Gasteiger partial charge in [0.1, 0.15) is 11.5 Å². The Bertz CT molecular complexity index is 526. The van der Waals surface area contributed by atoms with E-state index in [2.05, 4.69) is 9.97 Å². The minimum Gasteiger partial charge on any atom is -0.326 e. The Hall–Kier alpha value is -1.81. The molecule has 17 heavy (non-hydrogen) atoms. The monoisotopic (exact) mass is 231 g/mol. The Morgan fingerprint density at radius 3 is 2.76 bits per heavy atom. The molecule has 88 valence electrons. The number of pyridine rings is 2. The third-order valence-electron chi connectivity index (χ3n) is 2.59. The van der Waals surface area contributed by atoms with Crippen molar-refractivity contribution in [1.29, 1.82) is 0 Å². The van der Waals surface area contributed by atoms with Gasteiger partial charge in [-0.3, -0.25) is 9.97 Å². The van der Waals surface area contributed by atoms with E-state index < -0.39 is 0 Å². The van der Waals surface area contributed by atoms with E-state index in [9.17, 15) is 4.39 Å². The van der Waals surface area contributed by atoms with E-state index in [1.807, 2.05) is 13.0 Å². The Labute approximate surface area is 99.5 Å². The Balaban J connectivity index is 2.45. The zero-order chi connectivity index (χ0) is 12.3. The third kappa shape index (κ3) is 2.47. The number of hydrogen-bond donors (Lipinski definition) is 1. The quantitative estimate of drug-likeness (QED) is 0.881. The molecule has 4 heteroatoms. The molecule has 0 radical (unpaired) electrons. The van der Waals surface area contributed by atoms with Crippen molar-refractivity contribution in [2.24, 2.45) is 5.73 Å². The molecule has 0 aliphatic rings. The lowest BCUT2D eigenvalue weighted by atomic mass is 10.1. The predicted molar refractivity (Wildman–Crippen MR) is 64.7 cm³/mol. The van der Waals surface area contributed by atoms with Gasteiger partial charge in [0.05, 0.1) is 0 Å². The van der Waals surface area contributed by atoms with Crippen molar-refractivity contribution in [3.8, 4) is 11.3 Å². The van der Waals surface area contributed by atoms with Crippen molar-refractivity contribution in [2.45, 2.75) is 19.9 Å². The number of halogens is 1. The minimum atomic E-state index is -0.346. The SMILES string of the molecule is CCc1cc(-c2ncc(CN)cc2F)ccn1. The fraction of sp³-hybridized carbons (Fsp3) is 0.231. The molecule has 0 unspecified atom stereocenters. The smallest absolute Gasteiger partial charge is 0.149 e. The van der Waals surface area contributed by atoms with Crippen LogP contribution in [0.4, 0.5) is 4.39 Å². The maximum Gasteiger partial charge on any atom is 0.149 e. The molecule has 2 aromatic heterocycles. The van der Waals surface area contributed by atoms with Crippen LogP contribution in [0.5, 0.6) is 0 Å². The molecule has 0 aliphatic carbocycles. The van der Waals surface area contributed by atoms with E-state index >= 15 is 0 Å². The number of nitrogens with two attached hydrogens (primary N) is 1. The average Bonchev–Trinajstić information content (AvgIpc) is 2.38. The van der Waals surface area contributed by atoms with E-state index in [4.69, 9.17) is 5.73 Å². The lowest BCUT2D eigenvalue weighted by Crippen LogP contribution is -2.00. The number of nitrogens with zero attached hydrogens (tertiary/aromatic N) is 2. The summed E-state index contributed by atoms with van der Waals surface area (Å²) in [5.74, 6) is -0.346. The van der Waals surface area contributed by atoms with Crippen molar-refractivity contribution < 1.29 is 4.39 Å². The van der Waals surface area contributed by atoms with E-state index in [1.165, 1.54) is 6.07 Å². The van der Waals surface area contributed by atoms with Gasteiger partial charge in [-0.1, -0.05) is 6.92 Å². The zero-order valence-corrected chi connectivity index (χ0v) is 9.65. The van der Waals surface area contributed by atoms with Gasteiger partial charge in [0, 0.05) is 30.2 Å². The molecule has 0 saturated heterocycles. The van der Waals surface area contributed by atoms with Gasteiger partial charge in [0.25, 0.3) is 0 Å². The second kappa shape index (κ2) is 5.01. The summed E-state index contributed by atoms with van der Waals surface area (Å²) in [6.45, 7) is 2.30. The lowest BCUT2D eigenvalue weighted by Gasteiger charge is -2.05. The van der Waals surface area contributed by atoms with Crippen molar-refractivity contribution >= 4 is 0 Å². The van der Waals surface area contributed by atoms with Gasteiger partial charge >= 0.3 is 0 Å². The first-order valence-corrected chi connectivity index (χ1v) is 5.54. The molecule has 2 N–H and O–H groups in total. The predicted octanol–water partition coefficient (Wildman–Crippen LogP) is 2.30. The van der Waals surface area contributed by atoms with Crippen LogP contribution in [0.2, 0.25) is 0 Å². The molecule has 0 atom stereocenters. The molecule has 3 nitrogen and oxygen atoms in total. The molecular formula is C13H14FN3. The molecule has 0 aliphatic heterocycles. The molecular weight excluding hydrogens is 217 g/mol. The van der Waals surface area contributed by atoms with E-state index in [0.29, 0.717) is 17.8 Å². The molecule has 2 rings (SSSR count). The summed E-state index contributed by atoms with van der Waals surface area (Å²) < 4.78 is 13.8. The zero-order valence-electron chi connectivity index (χ0n) is 9.65. The summed E-state index contributed by atoms with van der Waals surface area (Å²) in [6.07, 6.45) is 4.09. The molecule has 0 amide bonds. The highest BCUT2D eigenvalue weighted by atomic mass is 19.1. The Morgan fingerprint density at radius 1 is 1.29 bits per heavy atom. The largest absolute Gasteiger partial charge is 0.326 e.